The molecule has 2 aliphatic rings. The van der Waals surface area contributed by atoms with E-state index in [0.717, 1.165) is 38.5 Å². The molecule has 0 aromatic rings. The van der Waals surface area contributed by atoms with Crippen molar-refractivity contribution in [2.75, 3.05) is 0 Å². The van der Waals surface area contributed by atoms with E-state index in [-0.39, 0.29) is 17.6 Å². The first-order chi connectivity index (χ1) is 8.97. The Kier molecular flexibility index (Phi) is 4.88. The van der Waals surface area contributed by atoms with E-state index in [1.807, 2.05) is 0 Å². The second-order valence-electron chi connectivity index (χ2n) is 7.13. The van der Waals surface area contributed by atoms with Gasteiger partial charge in [0.2, 0.25) is 0 Å². The van der Waals surface area contributed by atoms with Gasteiger partial charge < -0.3 is 10.5 Å². The monoisotopic (exact) mass is 267 g/mol. The first-order valence-electron chi connectivity index (χ1n) is 7.95. The number of nitrogens with two attached hydrogens (primary N) is 1. The maximum Gasteiger partial charge on any atom is 0.307 e. The van der Waals surface area contributed by atoms with Crippen LogP contribution in [0.25, 0.3) is 0 Å². The topological polar surface area (TPSA) is 52.3 Å². The summed E-state index contributed by atoms with van der Waals surface area (Å²) in [6.07, 6.45) is 9.34. The van der Waals surface area contributed by atoms with Crippen LogP contribution in [0.1, 0.15) is 71.6 Å². The number of ether oxygens (including phenoxy) is 1. The van der Waals surface area contributed by atoms with Gasteiger partial charge in [-0.05, 0) is 43.9 Å². The molecule has 2 N–H and O–H groups in total. The lowest BCUT2D eigenvalue weighted by atomic mass is 9.80. The van der Waals surface area contributed by atoms with Gasteiger partial charge in [-0.2, -0.15) is 0 Å². The normalized spacial score (nSPS) is 34.8. The predicted octanol–water partition coefficient (Wildman–Crippen LogP) is 3.41. The van der Waals surface area contributed by atoms with Gasteiger partial charge >= 0.3 is 5.97 Å². The van der Waals surface area contributed by atoms with E-state index < -0.39 is 0 Å². The second kappa shape index (κ2) is 6.25. The summed E-state index contributed by atoms with van der Waals surface area (Å²) in [5.74, 6) is 1.27. The first kappa shape index (κ1) is 14.8. The highest BCUT2D eigenvalue weighted by Crippen LogP contribution is 2.32. The van der Waals surface area contributed by atoms with Crippen LogP contribution in [-0.4, -0.2) is 17.6 Å². The molecular formula is C16H29NO2. The standard InChI is InChI=1S/C16H29NO2/c1-12-8-13(2)10-14(9-12)19-15(18)11-16(17)6-4-3-5-7-16/h12-14H,3-11,17H2,1-2H3. The highest BCUT2D eigenvalue weighted by Gasteiger charge is 2.33. The van der Waals surface area contributed by atoms with Gasteiger partial charge in [0.25, 0.3) is 0 Å². The van der Waals surface area contributed by atoms with Gasteiger partial charge in [0.15, 0.2) is 0 Å². The van der Waals surface area contributed by atoms with Crippen molar-refractivity contribution in [1.82, 2.24) is 0 Å². The molecule has 2 unspecified atom stereocenters. The van der Waals surface area contributed by atoms with Gasteiger partial charge in [-0.1, -0.05) is 33.1 Å². The van der Waals surface area contributed by atoms with Crippen molar-refractivity contribution in [2.45, 2.75) is 83.3 Å². The molecule has 3 nitrogen and oxygen atoms in total. The van der Waals surface area contributed by atoms with Crippen molar-refractivity contribution in [2.24, 2.45) is 17.6 Å². The van der Waals surface area contributed by atoms with E-state index >= 15 is 0 Å². The molecule has 110 valence electrons. The third-order valence-electron chi connectivity index (χ3n) is 4.78. The van der Waals surface area contributed by atoms with Crippen LogP contribution in [0, 0.1) is 11.8 Å². The molecule has 0 heterocycles. The number of hydrogen-bond donors (Lipinski definition) is 1. The number of rotatable bonds is 3. The predicted molar refractivity (Wildman–Crippen MR) is 76.7 cm³/mol. The Balaban J connectivity index is 1.80. The quantitative estimate of drug-likeness (QED) is 0.797. The fourth-order valence-electron chi connectivity index (χ4n) is 3.92. The van der Waals surface area contributed by atoms with Gasteiger partial charge in [-0.25, -0.2) is 0 Å². The summed E-state index contributed by atoms with van der Waals surface area (Å²) in [4.78, 5) is 12.1. The zero-order chi connectivity index (χ0) is 13.9. The molecule has 2 atom stereocenters. The van der Waals surface area contributed by atoms with Crippen LogP contribution in [0.3, 0.4) is 0 Å². The first-order valence-corrected chi connectivity index (χ1v) is 7.95. The fraction of sp³-hybridized carbons (Fsp3) is 0.938. The largest absolute Gasteiger partial charge is 0.462 e. The third kappa shape index (κ3) is 4.48. The molecule has 0 aliphatic heterocycles. The zero-order valence-electron chi connectivity index (χ0n) is 12.5. The number of carbonyl (C=O) groups excluding carboxylic acids is 1. The average molecular weight is 267 g/mol. The molecular weight excluding hydrogens is 238 g/mol. The number of hydrogen-bond acceptors (Lipinski definition) is 3. The van der Waals surface area contributed by atoms with Crippen LogP contribution >= 0.6 is 0 Å². The molecule has 0 saturated heterocycles. The summed E-state index contributed by atoms with van der Waals surface area (Å²) in [6, 6.07) is 0. The minimum Gasteiger partial charge on any atom is -0.462 e. The van der Waals surface area contributed by atoms with Crippen molar-refractivity contribution in [3.8, 4) is 0 Å². The van der Waals surface area contributed by atoms with Crippen molar-refractivity contribution in [3.63, 3.8) is 0 Å². The maximum atomic E-state index is 12.1. The van der Waals surface area contributed by atoms with E-state index in [9.17, 15) is 4.79 Å². The molecule has 2 rings (SSSR count). The molecule has 0 spiro atoms. The molecule has 3 heteroatoms. The van der Waals surface area contributed by atoms with Crippen LogP contribution < -0.4 is 5.73 Å². The Bertz CT molecular complexity index is 300. The Hall–Kier alpha value is -0.570. The Morgan fingerprint density at radius 2 is 1.68 bits per heavy atom. The Labute approximate surface area is 117 Å². The SMILES string of the molecule is CC1CC(C)CC(OC(=O)CC2(N)CCCCC2)C1. The minimum atomic E-state index is -0.290. The Morgan fingerprint density at radius 1 is 1.11 bits per heavy atom. The molecule has 0 aromatic heterocycles. The van der Waals surface area contributed by atoms with Crippen LogP contribution in [0.15, 0.2) is 0 Å². The summed E-state index contributed by atoms with van der Waals surface area (Å²) in [6.45, 7) is 4.50. The lowest BCUT2D eigenvalue weighted by Gasteiger charge is -2.34. The van der Waals surface area contributed by atoms with E-state index in [1.54, 1.807) is 0 Å². The second-order valence-corrected chi connectivity index (χ2v) is 7.13. The molecule has 2 fully saturated rings. The van der Waals surface area contributed by atoms with Gasteiger partial charge in [-0.3, -0.25) is 4.79 Å². The third-order valence-corrected chi connectivity index (χ3v) is 4.78. The van der Waals surface area contributed by atoms with Crippen molar-refractivity contribution < 1.29 is 9.53 Å². The molecule has 19 heavy (non-hydrogen) atoms. The van der Waals surface area contributed by atoms with Crippen LogP contribution in [0.5, 0.6) is 0 Å². The highest BCUT2D eigenvalue weighted by atomic mass is 16.5. The maximum absolute atomic E-state index is 12.1. The van der Waals surface area contributed by atoms with Crippen molar-refractivity contribution in [3.05, 3.63) is 0 Å². The van der Waals surface area contributed by atoms with Crippen LogP contribution in [-0.2, 0) is 9.53 Å². The van der Waals surface area contributed by atoms with Gasteiger partial charge in [0.05, 0.1) is 6.42 Å². The van der Waals surface area contributed by atoms with E-state index in [4.69, 9.17) is 10.5 Å². The minimum absolute atomic E-state index is 0.0734. The molecule has 2 saturated carbocycles. The molecule has 2 aliphatic carbocycles. The van der Waals surface area contributed by atoms with Gasteiger partial charge in [0.1, 0.15) is 6.10 Å². The molecule has 0 aromatic carbocycles. The van der Waals surface area contributed by atoms with Gasteiger partial charge in [0, 0.05) is 5.54 Å². The Morgan fingerprint density at radius 3 is 2.26 bits per heavy atom. The van der Waals surface area contributed by atoms with E-state index in [2.05, 4.69) is 13.8 Å². The summed E-state index contributed by atoms with van der Waals surface area (Å²) < 4.78 is 5.68. The van der Waals surface area contributed by atoms with Crippen LogP contribution in [0.4, 0.5) is 0 Å². The lowest BCUT2D eigenvalue weighted by Crippen LogP contribution is -2.44. The van der Waals surface area contributed by atoms with Crippen molar-refractivity contribution >= 4 is 5.97 Å². The van der Waals surface area contributed by atoms with Gasteiger partial charge in [-0.15, -0.1) is 0 Å². The lowest BCUT2D eigenvalue weighted by molar-refractivity contribution is -0.153. The average Bonchev–Trinajstić information content (AvgIpc) is 2.27. The van der Waals surface area contributed by atoms with E-state index in [0.29, 0.717) is 18.3 Å². The smallest absolute Gasteiger partial charge is 0.307 e. The summed E-state index contributed by atoms with van der Waals surface area (Å²) in [5, 5.41) is 0. The molecule has 0 amide bonds. The van der Waals surface area contributed by atoms with Crippen molar-refractivity contribution in [1.29, 1.82) is 0 Å². The summed E-state index contributed by atoms with van der Waals surface area (Å²) >= 11 is 0. The van der Waals surface area contributed by atoms with Crippen LogP contribution in [0.2, 0.25) is 0 Å². The summed E-state index contributed by atoms with van der Waals surface area (Å²) in [5.41, 5.74) is 6.03. The zero-order valence-corrected chi connectivity index (χ0v) is 12.5. The molecule has 0 bridgehead atoms. The number of esters is 1. The number of carbonyl (C=O) groups is 1. The highest BCUT2D eigenvalue weighted by molar-refractivity contribution is 5.71. The molecule has 0 radical (unpaired) electrons. The summed E-state index contributed by atoms with van der Waals surface area (Å²) in [7, 11) is 0. The fourth-order valence-corrected chi connectivity index (χ4v) is 3.92. The van der Waals surface area contributed by atoms with E-state index in [1.165, 1.54) is 12.8 Å².